The zero-order chi connectivity index (χ0) is 13.2. The van der Waals surface area contributed by atoms with E-state index in [1.807, 2.05) is 12.3 Å². The molecule has 2 heterocycles. The molecule has 1 aliphatic rings. The second-order valence-corrected chi connectivity index (χ2v) is 7.15. The van der Waals surface area contributed by atoms with Crippen LogP contribution in [-0.4, -0.2) is 42.5 Å². The van der Waals surface area contributed by atoms with E-state index < -0.39 is 10.0 Å². The van der Waals surface area contributed by atoms with Crippen LogP contribution in [0.5, 0.6) is 0 Å². The van der Waals surface area contributed by atoms with Crippen LogP contribution >= 0.6 is 11.3 Å². The van der Waals surface area contributed by atoms with Gasteiger partial charge >= 0.3 is 0 Å². The van der Waals surface area contributed by atoms with Gasteiger partial charge in [0.25, 0.3) is 0 Å². The number of hydrogen-bond acceptors (Lipinski definition) is 5. The van der Waals surface area contributed by atoms with Gasteiger partial charge in [0.2, 0.25) is 15.9 Å². The molecular formula is C10H15N3O3S2. The fourth-order valence-electron chi connectivity index (χ4n) is 1.75. The van der Waals surface area contributed by atoms with Gasteiger partial charge in [0.15, 0.2) is 5.13 Å². The summed E-state index contributed by atoms with van der Waals surface area (Å²) in [6.07, 6.45) is 1.48. The Morgan fingerprint density at radius 2 is 2.33 bits per heavy atom. The minimum Gasteiger partial charge on any atom is -0.301 e. The zero-order valence-electron chi connectivity index (χ0n) is 10.0. The van der Waals surface area contributed by atoms with Gasteiger partial charge in [-0.05, 0) is 19.8 Å². The number of hydrogen-bond donors (Lipinski definition) is 1. The minimum absolute atomic E-state index is 0.124. The van der Waals surface area contributed by atoms with Crippen LogP contribution in [0.1, 0.15) is 18.5 Å². The van der Waals surface area contributed by atoms with Crippen LogP contribution in [0.2, 0.25) is 0 Å². The number of sulfonamides is 1. The highest BCUT2D eigenvalue weighted by Crippen LogP contribution is 2.16. The first-order valence-electron chi connectivity index (χ1n) is 5.67. The summed E-state index contributed by atoms with van der Waals surface area (Å²) in [5, 5.41) is 4.94. The van der Waals surface area contributed by atoms with Gasteiger partial charge < -0.3 is 5.32 Å². The fraction of sp³-hybridized carbons (Fsp3) is 0.600. The van der Waals surface area contributed by atoms with Gasteiger partial charge in [0, 0.05) is 11.9 Å². The maximum absolute atomic E-state index is 11.7. The Morgan fingerprint density at radius 1 is 1.56 bits per heavy atom. The predicted molar refractivity (Wildman–Crippen MR) is 70.1 cm³/mol. The van der Waals surface area contributed by atoms with Crippen molar-refractivity contribution in [2.45, 2.75) is 19.8 Å². The van der Waals surface area contributed by atoms with Crippen molar-refractivity contribution in [3.8, 4) is 0 Å². The van der Waals surface area contributed by atoms with Crippen molar-refractivity contribution in [1.82, 2.24) is 9.29 Å². The Balaban J connectivity index is 1.95. The third-order valence-electron chi connectivity index (χ3n) is 2.64. The van der Waals surface area contributed by atoms with Gasteiger partial charge in [-0.15, -0.1) is 11.3 Å². The highest BCUT2D eigenvalue weighted by atomic mass is 32.2. The molecule has 0 unspecified atom stereocenters. The van der Waals surface area contributed by atoms with Crippen LogP contribution in [0.15, 0.2) is 5.38 Å². The van der Waals surface area contributed by atoms with Crippen molar-refractivity contribution in [3.05, 3.63) is 11.1 Å². The number of carbonyl (C=O) groups is 1. The molecule has 0 spiro atoms. The molecule has 1 fully saturated rings. The van der Waals surface area contributed by atoms with Gasteiger partial charge in [-0.3, -0.25) is 4.79 Å². The van der Waals surface area contributed by atoms with Crippen molar-refractivity contribution in [3.63, 3.8) is 0 Å². The van der Waals surface area contributed by atoms with Gasteiger partial charge in [0.1, 0.15) is 0 Å². The number of thiazole rings is 1. The average Bonchev–Trinajstić information content (AvgIpc) is 2.67. The molecule has 6 nitrogen and oxygen atoms in total. The number of carbonyl (C=O) groups excluding carboxylic acids is 1. The van der Waals surface area contributed by atoms with Crippen molar-refractivity contribution < 1.29 is 13.2 Å². The molecule has 1 amide bonds. The molecule has 0 saturated carbocycles. The van der Waals surface area contributed by atoms with Crippen molar-refractivity contribution in [2.75, 3.05) is 24.2 Å². The van der Waals surface area contributed by atoms with Crippen molar-refractivity contribution in [1.29, 1.82) is 0 Å². The molecule has 0 aromatic carbocycles. The highest BCUT2D eigenvalue weighted by Gasteiger charge is 2.27. The summed E-state index contributed by atoms with van der Waals surface area (Å²) in [5.41, 5.74) is 0.834. The molecule has 2 rings (SSSR count). The molecule has 0 atom stereocenters. The van der Waals surface area contributed by atoms with E-state index in [4.69, 9.17) is 0 Å². The van der Waals surface area contributed by atoms with Crippen molar-refractivity contribution >= 4 is 32.4 Å². The first-order chi connectivity index (χ1) is 8.47. The van der Waals surface area contributed by atoms with Crippen LogP contribution in [0.25, 0.3) is 0 Å². The SMILES string of the molecule is Cc1csc(NC(=O)CN2CCCCS2(=O)=O)n1. The molecule has 0 radical (unpaired) electrons. The number of nitrogens with one attached hydrogen (secondary N) is 1. The Kier molecular flexibility index (Phi) is 3.98. The highest BCUT2D eigenvalue weighted by molar-refractivity contribution is 7.89. The minimum atomic E-state index is -3.25. The van der Waals surface area contributed by atoms with E-state index in [2.05, 4.69) is 10.3 Å². The molecule has 1 aliphatic heterocycles. The number of amides is 1. The van der Waals surface area contributed by atoms with Gasteiger partial charge in [-0.2, -0.15) is 4.31 Å². The maximum atomic E-state index is 11.7. The van der Waals surface area contributed by atoms with E-state index in [0.29, 0.717) is 18.1 Å². The van der Waals surface area contributed by atoms with E-state index in [-0.39, 0.29) is 18.2 Å². The molecule has 1 saturated heterocycles. The van der Waals surface area contributed by atoms with Crippen LogP contribution in [0.4, 0.5) is 5.13 Å². The lowest BCUT2D eigenvalue weighted by Gasteiger charge is -2.25. The average molecular weight is 289 g/mol. The van der Waals surface area contributed by atoms with Crippen LogP contribution < -0.4 is 5.32 Å². The van der Waals surface area contributed by atoms with Crippen LogP contribution in [-0.2, 0) is 14.8 Å². The Labute approximate surface area is 110 Å². The lowest BCUT2D eigenvalue weighted by molar-refractivity contribution is -0.116. The molecule has 0 aliphatic carbocycles. The summed E-state index contributed by atoms with van der Waals surface area (Å²) in [7, 11) is -3.25. The quantitative estimate of drug-likeness (QED) is 0.893. The molecule has 1 aromatic rings. The summed E-state index contributed by atoms with van der Waals surface area (Å²) < 4.78 is 24.7. The summed E-state index contributed by atoms with van der Waals surface area (Å²) in [4.78, 5) is 15.8. The van der Waals surface area contributed by atoms with E-state index in [1.54, 1.807) is 0 Å². The number of aromatic nitrogens is 1. The molecular weight excluding hydrogens is 274 g/mol. The molecule has 18 heavy (non-hydrogen) atoms. The van der Waals surface area contributed by atoms with E-state index in [1.165, 1.54) is 15.6 Å². The first-order valence-corrected chi connectivity index (χ1v) is 8.16. The van der Waals surface area contributed by atoms with E-state index >= 15 is 0 Å². The zero-order valence-corrected chi connectivity index (χ0v) is 11.7. The van der Waals surface area contributed by atoms with Gasteiger partial charge in [-0.1, -0.05) is 0 Å². The Hall–Kier alpha value is -0.990. The van der Waals surface area contributed by atoms with E-state index in [9.17, 15) is 13.2 Å². The third-order valence-corrected chi connectivity index (χ3v) is 5.42. The van der Waals surface area contributed by atoms with Crippen LogP contribution in [0, 0.1) is 6.92 Å². The normalized spacial score (nSPS) is 19.6. The number of aryl methyl sites for hydroxylation is 1. The number of rotatable bonds is 3. The topological polar surface area (TPSA) is 79.4 Å². The van der Waals surface area contributed by atoms with Crippen molar-refractivity contribution in [2.24, 2.45) is 0 Å². The maximum Gasteiger partial charge on any atom is 0.241 e. The Morgan fingerprint density at radius 3 is 2.94 bits per heavy atom. The molecule has 100 valence electrons. The van der Waals surface area contributed by atoms with Crippen LogP contribution in [0.3, 0.4) is 0 Å². The number of anilines is 1. The van der Waals surface area contributed by atoms with Gasteiger partial charge in [0.05, 0.1) is 18.0 Å². The summed E-state index contributed by atoms with van der Waals surface area (Å²) in [5.74, 6) is -0.203. The smallest absolute Gasteiger partial charge is 0.241 e. The number of nitrogens with zero attached hydrogens (tertiary/aromatic N) is 2. The van der Waals surface area contributed by atoms with Gasteiger partial charge in [-0.25, -0.2) is 13.4 Å². The molecule has 0 bridgehead atoms. The molecule has 1 N–H and O–H groups in total. The lowest BCUT2D eigenvalue weighted by atomic mass is 10.3. The molecule has 8 heteroatoms. The largest absolute Gasteiger partial charge is 0.301 e. The lowest BCUT2D eigenvalue weighted by Crippen LogP contribution is -2.42. The predicted octanol–water partition coefficient (Wildman–Crippen LogP) is 0.816. The monoisotopic (exact) mass is 289 g/mol. The first kappa shape index (κ1) is 13.4. The Bertz CT molecular complexity index is 538. The fourth-order valence-corrected chi connectivity index (χ4v) is 4.00. The second-order valence-electron chi connectivity index (χ2n) is 4.20. The van der Waals surface area contributed by atoms with E-state index in [0.717, 1.165) is 12.1 Å². The third kappa shape index (κ3) is 3.27. The summed E-state index contributed by atoms with van der Waals surface area (Å²) >= 11 is 1.33. The second kappa shape index (κ2) is 5.33. The standard InChI is InChI=1S/C10H15N3O3S2/c1-8-7-17-10(11-8)12-9(14)6-13-4-2-3-5-18(13,15)16/h7H,2-6H2,1H3,(H,11,12,14). The molecule has 1 aromatic heterocycles. The summed E-state index contributed by atoms with van der Waals surface area (Å²) in [6, 6.07) is 0. The summed E-state index contributed by atoms with van der Waals surface area (Å²) in [6.45, 7) is 2.13.